The minimum Gasteiger partial charge on any atom is -0.489 e. The van der Waals surface area contributed by atoms with Gasteiger partial charge in [0.1, 0.15) is 12.4 Å². The van der Waals surface area contributed by atoms with Gasteiger partial charge >= 0.3 is 6.36 Å². The van der Waals surface area contributed by atoms with Crippen molar-refractivity contribution in [2.45, 2.75) is 25.6 Å². The summed E-state index contributed by atoms with van der Waals surface area (Å²) in [5.41, 5.74) is 0.867. The van der Waals surface area contributed by atoms with E-state index in [-0.39, 0.29) is 17.0 Å². The van der Waals surface area contributed by atoms with Gasteiger partial charge in [-0.15, -0.1) is 24.5 Å². The van der Waals surface area contributed by atoms with Gasteiger partial charge in [0, 0.05) is 17.1 Å². The molecule has 0 amide bonds. The fourth-order valence-corrected chi connectivity index (χ4v) is 4.56. The van der Waals surface area contributed by atoms with Crippen LogP contribution in [-0.2, 0) is 0 Å². The van der Waals surface area contributed by atoms with Crippen LogP contribution in [0.3, 0.4) is 0 Å². The van der Waals surface area contributed by atoms with Gasteiger partial charge in [0.25, 0.3) is 12.0 Å². The van der Waals surface area contributed by atoms with E-state index < -0.39 is 30.7 Å². The summed E-state index contributed by atoms with van der Waals surface area (Å²) in [4.78, 5) is 18.4. The van der Waals surface area contributed by atoms with Crippen molar-refractivity contribution in [3.63, 3.8) is 0 Å². The van der Waals surface area contributed by atoms with Crippen LogP contribution in [-0.4, -0.2) is 35.4 Å². The molecule has 1 aliphatic carbocycles. The largest absolute Gasteiger partial charge is 0.573 e. The van der Waals surface area contributed by atoms with Crippen LogP contribution in [0.1, 0.15) is 24.1 Å². The van der Waals surface area contributed by atoms with Crippen LogP contribution in [0.2, 0.25) is 0 Å². The SMILES string of the molecule is O=c1c(-c2ccc(OC(F)(F)F)cc2)c(/C=C/c2cccc(OCC(F)F)c2OCC2CC2)nc2sccn12. The van der Waals surface area contributed by atoms with Crippen LogP contribution in [0.4, 0.5) is 22.0 Å². The molecule has 2 heterocycles. The molecule has 0 spiro atoms. The molecule has 0 N–H and O–H groups in total. The Hall–Kier alpha value is -3.93. The van der Waals surface area contributed by atoms with Crippen molar-refractivity contribution in [2.24, 2.45) is 5.92 Å². The molecule has 0 unspecified atom stereocenters. The summed E-state index contributed by atoms with van der Waals surface area (Å²) in [7, 11) is 0. The number of ether oxygens (including phenoxy) is 3. The molecule has 4 aromatic rings. The number of thiazole rings is 1. The lowest BCUT2D eigenvalue weighted by Gasteiger charge is -2.15. The number of alkyl halides is 5. The van der Waals surface area contributed by atoms with E-state index in [1.54, 1.807) is 41.9 Å². The lowest BCUT2D eigenvalue weighted by atomic mass is 10.0. The Bertz CT molecular complexity index is 1540. The highest BCUT2D eigenvalue weighted by Crippen LogP contribution is 2.37. The summed E-state index contributed by atoms with van der Waals surface area (Å²) >= 11 is 1.24. The quantitative estimate of drug-likeness (QED) is 0.196. The van der Waals surface area contributed by atoms with Crippen LogP contribution in [0.5, 0.6) is 17.2 Å². The van der Waals surface area contributed by atoms with Crippen molar-refractivity contribution in [1.29, 1.82) is 0 Å². The number of hydrogen-bond acceptors (Lipinski definition) is 6. The van der Waals surface area contributed by atoms with Gasteiger partial charge in [0.05, 0.1) is 17.9 Å². The summed E-state index contributed by atoms with van der Waals surface area (Å²) in [6.45, 7) is -0.382. The molecular formula is C27H21F5N2O4S. The third-order valence-electron chi connectivity index (χ3n) is 5.83. The molecule has 2 aromatic heterocycles. The van der Waals surface area contributed by atoms with Gasteiger partial charge in [-0.05, 0) is 54.7 Å². The third-order valence-corrected chi connectivity index (χ3v) is 6.58. The van der Waals surface area contributed by atoms with Gasteiger partial charge in [-0.1, -0.05) is 24.3 Å². The van der Waals surface area contributed by atoms with E-state index in [1.165, 1.54) is 27.9 Å². The second-order valence-electron chi connectivity index (χ2n) is 8.77. The lowest BCUT2D eigenvalue weighted by molar-refractivity contribution is -0.274. The molecule has 0 atom stereocenters. The summed E-state index contributed by atoms with van der Waals surface area (Å²) in [6.07, 6.45) is -0.696. The highest BCUT2D eigenvalue weighted by Gasteiger charge is 2.31. The zero-order chi connectivity index (χ0) is 27.6. The minimum atomic E-state index is -4.85. The Balaban J connectivity index is 1.54. The Morgan fingerprint density at radius 2 is 1.85 bits per heavy atom. The maximum absolute atomic E-state index is 13.4. The van der Waals surface area contributed by atoms with Gasteiger partial charge in [-0.25, -0.2) is 13.8 Å². The number of rotatable bonds is 10. The van der Waals surface area contributed by atoms with E-state index in [4.69, 9.17) is 9.47 Å². The zero-order valence-electron chi connectivity index (χ0n) is 20.2. The average Bonchev–Trinajstić information content (AvgIpc) is 3.59. The number of para-hydroxylation sites is 1. The topological polar surface area (TPSA) is 62.1 Å². The fraction of sp³-hybridized carbons (Fsp3) is 0.259. The maximum atomic E-state index is 13.4. The van der Waals surface area contributed by atoms with Crippen LogP contribution in [0.15, 0.2) is 58.8 Å². The first-order chi connectivity index (χ1) is 18.7. The zero-order valence-corrected chi connectivity index (χ0v) is 21.0. The standard InChI is InChI=1S/C27H21F5N2O4S/c28-22(29)15-36-21-3-1-2-18(24(21)37-14-16-4-5-16)8-11-20-23(25(35)34-12-13-39-26(34)33-20)17-6-9-19(10-7-17)38-27(30,31)32/h1-3,6-13,16,22H,4-5,14-15H2/b11-8+. The van der Waals surface area contributed by atoms with Gasteiger partial charge in [0.2, 0.25) is 0 Å². The summed E-state index contributed by atoms with van der Waals surface area (Å²) < 4.78 is 79.9. The number of fused-ring (bicyclic) bond motifs is 1. The second kappa shape index (κ2) is 11.0. The summed E-state index contributed by atoms with van der Waals surface area (Å²) in [5.74, 6) is 0.431. The van der Waals surface area contributed by atoms with E-state index in [1.807, 2.05) is 0 Å². The smallest absolute Gasteiger partial charge is 0.489 e. The van der Waals surface area contributed by atoms with E-state index in [0.717, 1.165) is 25.0 Å². The lowest BCUT2D eigenvalue weighted by Crippen LogP contribution is -2.18. The highest BCUT2D eigenvalue weighted by atomic mass is 32.1. The van der Waals surface area contributed by atoms with E-state index in [2.05, 4.69) is 9.72 Å². The predicted molar refractivity (Wildman–Crippen MR) is 137 cm³/mol. The molecule has 2 aromatic carbocycles. The monoisotopic (exact) mass is 564 g/mol. The molecule has 0 saturated heterocycles. The normalized spacial score (nSPS) is 13.9. The average molecular weight is 565 g/mol. The second-order valence-corrected chi connectivity index (χ2v) is 9.64. The van der Waals surface area contributed by atoms with Gasteiger partial charge < -0.3 is 14.2 Å². The molecule has 204 valence electrons. The molecule has 0 aliphatic heterocycles. The van der Waals surface area contributed by atoms with Gasteiger partial charge in [-0.2, -0.15) is 0 Å². The molecule has 1 aliphatic rings. The van der Waals surface area contributed by atoms with Gasteiger partial charge in [-0.3, -0.25) is 9.20 Å². The maximum Gasteiger partial charge on any atom is 0.573 e. The molecule has 1 saturated carbocycles. The molecule has 39 heavy (non-hydrogen) atoms. The van der Waals surface area contributed by atoms with E-state index in [9.17, 15) is 26.7 Å². The summed E-state index contributed by atoms with van der Waals surface area (Å²) in [5, 5.41) is 1.69. The minimum absolute atomic E-state index is 0.159. The first-order valence-corrected chi connectivity index (χ1v) is 12.8. The first kappa shape index (κ1) is 26.7. The number of aromatic nitrogens is 2. The van der Waals surface area contributed by atoms with Crippen molar-refractivity contribution in [2.75, 3.05) is 13.2 Å². The van der Waals surface area contributed by atoms with Crippen molar-refractivity contribution >= 4 is 28.4 Å². The molecule has 5 rings (SSSR count). The first-order valence-electron chi connectivity index (χ1n) is 11.9. The van der Waals surface area contributed by atoms with Crippen molar-refractivity contribution < 1.29 is 36.2 Å². The van der Waals surface area contributed by atoms with Gasteiger partial charge in [0.15, 0.2) is 16.5 Å². The number of halogens is 5. The molecule has 1 fully saturated rings. The molecule has 6 nitrogen and oxygen atoms in total. The fourth-order valence-electron chi connectivity index (χ4n) is 3.85. The predicted octanol–water partition coefficient (Wildman–Crippen LogP) is 6.92. The molecular weight excluding hydrogens is 543 g/mol. The van der Waals surface area contributed by atoms with Crippen LogP contribution >= 0.6 is 11.3 Å². The van der Waals surface area contributed by atoms with Crippen LogP contribution in [0, 0.1) is 5.92 Å². The Morgan fingerprint density at radius 1 is 1.08 bits per heavy atom. The van der Waals surface area contributed by atoms with Crippen LogP contribution in [0.25, 0.3) is 28.2 Å². The Labute approximate surface area is 222 Å². The van der Waals surface area contributed by atoms with Crippen molar-refractivity contribution in [3.8, 4) is 28.4 Å². The van der Waals surface area contributed by atoms with Crippen molar-refractivity contribution in [1.82, 2.24) is 9.38 Å². The number of benzene rings is 2. The highest BCUT2D eigenvalue weighted by molar-refractivity contribution is 7.15. The molecule has 0 radical (unpaired) electrons. The summed E-state index contributed by atoms with van der Waals surface area (Å²) in [6, 6.07) is 9.82. The van der Waals surface area contributed by atoms with Crippen molar-refractivity contribution in [3.05, 3.63) is 75.7 Å². The van der Waals surface area contributed by atoms with Crippen LogP contribution < -0.4 is 19.8 Å². The van der Waals surface area contributed by atoms with E-state index >= 15 is 0 Å². The number of nitrogens with zero attached hydrogens (tertiary/aromatic N) is 2. The molecule has 12 heteroatoms. The Kier molecular flexibility index (Phi) is 7.56. The Morgan fingerprint density at radius 3 is 2.54 bits per heavy atom. The molecule has 0 bridgehead atoms. The number of hydrogen-bond donors (Lipinski definition) is 0. The van der Waals surface area contributed by atoms with E-state index in [0.29, 0.717) is 34.4 Å². The third kappa shape index (κ3) is 6.56.